The van der Waals surface area contributed by atoms with Gasteiger partial charge in [-0.1, -0.05) is 78.4 Å². The Morgan fingerprint density at radius 3 is 1.88 bits per heavy atom. The van der Waals surface area contributed by atoms with Gasteiger partial charge in [0.2, 0.25) is 0 Å². The predicted molar refractivity (Wildman–Crippen MR) is 100.0 cm³/mol. The van der Waals surface area contributed by atoms with E-state index in [1.54, 1.807) is 6.08 Å². The third-order valence-corrected chi connectivity index (χ3v) is 3.75. The molecule has 0 aromatic heterocycles. The molecule has 0 saturated heterocycles. The lowest BCUT2D eigenvalue weighted by Gasteiger charge is -2.12. The van der Waals surface area contributed by atoms with Crippen LogP contribution in [0.4, 0.5) is 5.69 Å². The van der Waals surface area contributed by atoms with E-state index in [0.29, 0.717) is 5.56 Å². The maximum Gasteiger partial charge on any atom is 0.187 e. The fourth-order valence-corrected chi connectivity index (χ4v) is 2.42. The minimum atomic E-state index is -0.0194. The van der Waals surface area contributed by atoms with E-state index in [9.17, 15) is 4.79 Å². The summed E-state index contributed by atoms with van der Waals surface area (Å²) in [6.45, 7) is 2.05. The molecule has 0 bridgehead atoms. The first kappa shape index (κ1) is 15.8. The van der Waals surface area contributed by atoms with Crippen molar-refractivity contribution in [3.8, 4) is 0 Å². The van der Waals surface area contributed by atoms with Crippen LogP contribution in [0, 0.1) is 6.92 Å². The van der Waals surface area contributed by atoms with Gasteiger partial charge in [0.25, 0.3) is 0 Å². The largest absolute Gasteiger partial charge is 0.355 e. The molecule has 0 spiro atoms. The van der Waals surface area contributed by atoms with Gasteiger partial charge in [-0.2, -0.15) is 0 Å². The molecule has 0 aliphatic rings. The monoisotopic (exact) mass is 313 g/mol. The molecule has 0 amide bonds. The van der Waals surface area contributed by atoms with Gasteiger partial charge in [0, 0.05) is 23.0 Å². The molecule has 3 aromatic rings. The van der Waals surface area contributed by atoms with Gasteiger partial charge in [-0.15, -0.1) is 0 Å². The van der Waals surface area contributed by atoms with Gasteiger partial charge in [0.15, 0.2) is 5.78 Å². The van der Waals surface area contributed by atoms with Crippen molar-refractivity contribution in [1.82, 2.24) is 0 Å². The molecule has 0 radical (unpaired) electrons. The highest BCUT2D eigenvalue weighted by molar-refractivity contribution is 6.09. The Morgan fingerprint density at radius 2 is 1.29 bits per heavy atom. The third kappa shape index (κ3) is 3.99. The Bertz CT molecular complexity index is 834. The molecule has 0 unspecified atom stereocenters. The van der Waals surface area contributed by atoms with Crippen LogP contribution >= 0.6 is 0 Å². The highest BCUT2D eigenvalue weighted by Gasteiger charge is 2.07. The fourth-order valence-electron chi connectivity index (χ4n) is 2.42. The highest BCUT2D eigenvalue weighted by atomic mass is 16.1. The number of nitrogens with one attached hydrogen (secondary N) is 1. The molecule has 24 heavy (non-hydrogen) atoms. The maximum absolute atomic E-state index is 12.6. The Morgan fingerprint density at radius 1 is 0.750 bits per heavy atom. The van der Waals surface area contributed by atoms with Crippen molar-refractivity contribution < 1.29 is 4.79 Å². The summed E-state index contributed by atoms with van der Waals surface area (Å²) >= 11 is 0. The first-order valence-corrected chi connectivity index (χ1v) is 7.92. The van der Waals surface area contributed by atoms with Crippen molar-refractivity contribution >= 4 is 17.2 Å². The lowest BCUT2D eigenvalue weighted by Crippen LogP contribution is -2.03. The van der Waals surface area contributed by atoms with Crippen molar-refractivity contribution in [3.63, 3.8) is 0 Å². The predicted octanol–water partition coefficient (Wildman–Crippen LogP) is 5.33. The summed E-state index contributed by atoms with van der Waals surface area (Å²) in [5.74, 6) is -0.0194. The molecule has 0 aliphatic heterocycles. The number of hydrogen-bond donors (Lipinski definition) is 1. The summed E-state index contributed by atoms with van der Waals surface area (Å²) in [5, 5.41) is 3.36. The zero-order chi connectivity index (χ0) is 16.8. The van der Waals surface area contributed by atoms with Gasteiger partial charge < -0.3 is 5.32 Å². The van der Waals surface area contributed by atoms with Crippen LogP contribution < -0.4 is 5.32 Å². The van der Waals surface area contributed by atoms with Crippen molar-refractivity contribution in [3.05, 3.63) is 108 Å². The maximum atomic E-state index is 12.6. The molecule has 118 valence electrons. The molecule has 0 atom stereocenters. The quantitative estimate of drug-likeness (QED) is 0.509. The van der Waals surface area contributed by atoms with Crippen molar-refractivity contribution in [2.24, 2.45) is 0 Å². The van der Waals surface area contributed by atoms with Crippen LogP contribution in [0.2, 0.25) is 0 Å². The molecule has 3 rings (SSSR count). The first-order valence-electron chi connectivity index (χ1n) is 7.92. The summed E-state index contributed by atoms with van der Waals surface area (Å²) in [7, 11) is 0. The van der Waals surface area contributed by atoms with E-state index < -0.39 is 0 Å². The third-order valence-electron chi connectivity index (χ3n) is 3.75. The number of allylic oxidation sites excluding steroid dienone is 1. The number of carbonyl (C=O) groups is 1. The summed E-state index contributed by atoms with van der Waals surface area (Å²) in [6.07, 6.45) is 1.66. The van der Waals surface area contributed by atoms with E-state index in [1.165, 1.54) is 5.56 Å². The lowest BCUT2D eigenvalue weighted by atomic mass is 10.1. The summed E-state index contributed by atoms with van der Waals surface area (Å²) in [4.78, 5) is 12.6. The second kappa shape index (κ2) is 7.42. The van der Waals surface area contributed by atoms with Crippen LogP contribution in [-0.2, 0) is 0 Å². The average molecular weight is 313 g/mol. The second-order valence-electron chi connectivity index (χ2n) is 5.65. The Hall–Kier alpha value is -3.13. The van der Waals surface area contributed by atoms with Gasteiger partial charge in [-0.25, -0.2) is 0 Å². The van der Waals surface area contributed by atoms with Gasteiger partial charge >= 0.3 is 0 Å². The number of aryl methyl sites for hydroxylation is 1. The standard InChI is InChI=1S/C22H19NO/c1-17-12-14-20(15-13-17)23-21(18-8-4-2-5-9-18)16-22(24)19-10-6-3-7-11-19/h2-16,23H,1H3. The number of benzene rings is 3. The van der Waals surface area contributed by atoms with E-state index in [2.05, 4.69) is 12.2 Å². The molecule has 0 aliphatic carbocycles. The van der Waals surface area contributed by atoms with Gasteiger partial charge in [0.05, 0.1) is 0 Å². The van der Waals surface area contributed by atoms with E-state index in [4.69, 9.17) is 0 Å². The minimum Gasteiger partial charge on any atom is -0.355 e. The first-order chi connectivity index (χ1) is 11.7. The molecule has 0 fully saturated rings. The Kier molecular flexibility index (Phi) is 4.87. The van der Waals surface area contributed by atoms with Crippen LogP contribution in [0.3, 0.4) is 0 Å². The zero-order valence-corrected chi connectivity index (χ0v) is 13.6. The molecular formula is C22H19NO. The van der Waals surface area contributed by atoms with Crippen LogP contribution in [0.25, 0.3) is 5.70 Å². The van der Waals surface area contributed by atoms with Crippen LogP contribution in [-0.4, -0.2) is 5.78 Å². The molecule has 0 saturated carbocycles. The van der Waals surface area contributed by atoms with Crippen molar-refractivity contribution in [2.75, 3.05) is 5.32 Å². The number of anilines is 1. The van der Waals surface area contributed by atoms with E-state index in [1.807, 2.05) is 84.9 Å². The molecular weight excluding hydrogens is 294 g/mol. The number of rotatable bonds is 5. The average Bonchev–Trinajstić information content (AvgIpc) is 2.64. The molecule has 0 heterocycles. The van der Waals surface area contributed by atoms with Crippen molar-refractivity contribution in [1.29, 1.82) is 0 Å². The van der Waals surface area contributed by atoms with E-state index >= 15 is 0 Å². The Balaban J connectivity index is 1.94. The second-order valence-corrected chi connectivity index (χ2v) is 5.65. The van der Waals surface area contributed by atoms with Gasteiger partial charge in [-0.05, 0) is 24.6 Å². The lowest BCUT2D eigenvalue weighted by molar-refractivity contribution is 0.104. The SMILES string of the molecule is Cc1ccc(NC(=CC(=O)c2ccccc2)c2ccccc2)cc1. The van der Waals surface area contributed by atoms with E-state index in [-0.39, 0.29) is 5.78 Å². The van der Waals surface area contributed by atoms with Crippen molar-refractivity contribution in [2.45, 2.75) is 6.92 Å². The molecule has 2 heteroatoms. The number of ketones is 1. The van der Waals surface area contributed by atoms with Crippen LogP contribution in [0.1, 0.15) is 21.5 Å². The fraction of sp³-hybridized carbons (Fsp3) is 0.0455. The number of carbonyl (C=O) groups excluding carboxylic acids is 1. The zero-order valence-electron chi connectivity index (χ0n) is 13.6. The molecule has 1 N–H and O–H groups in total. The molecule has 2 nitrogen and oxygen atoms in total. The Labute approximate surface area is 142 Å². The summed E-state index contributed by atoms with van der Waals surface area (Å²) in [6, 6.07) is 27.3. The smallest absolute Gasteiger partial charge is 0.187 e. The van der Waals surface area contributed by atoms with Gasteiger partial charge in [-0.3, -0.25) is 4.79 Å². The van der Waals surface area contributed by atoms with E-state index in [0.717, 1.165) is 16.9 Å². The normalized spacial score (nSPS) is 11.1. The minimum absolute atomic E-state index is 0.0194. The van der Waals surface area contributed by atoms with Crippen LogP contribution in [0.5, 0.6) is 0 Å². The summed E-state index contributed by atoms with van der Waals surface area (Å²) < 4.78 is 0. The highest BCUT2D eigenvalue weighted by Crippen LogP contribution is 2.20. The summed E-state index contributed by atoms with van der Waals surface area (Å²) in [5.41, 5.74) is 4.59. The topological polar surface area (TPSA) is 29.1 Å². The number of hydrogen-bond acceptors (Lipinski definition) is 2. The van der Waals surface area contributed by atoms with Crippen LogP contribution in [0.15, 0.2) is 91.0 Å². The van der Waals surface area contributed by atoms with Gasteiger partial charge in [0.1, 0.15) is 0 Å². The molecule has 3 aromatic carbocycles.